The third-order valence-corrected chi connectivity index (χ3v) is 3.65. The van der Waals surface area contributed by atoms with Crippen molar-refractivity contribution in [3.63, 3.8) is 0 Å². The van der Waals surface area contributed by atoms with E-state index in [4.69, 9.17) is 0 Å². The van der Waals surface area contributed by atoms with Gasteiger partial charge in [-0.15, -0.1) is 0 Å². The fourth-order valence-corrected chi connectivity index (χ4v) is 2.41. The Labute approximate surface area is 126 Å². The Bertz CT molecular complexity index is 644. The predicted octanol–water partition coefficient (Wildman–Crippen LogP) is 3.52. The number of phenolic OH excluding ortho intramolecular Hbond substituents is 1. The highest BCUT2D eigenvalue weighted by Gasteiger charge is 2.21. The molecule has 2 aromatic rings. The Morgan fingerprint density at radius 3 is 2.80 bits per heavy atom. The van der Waals surface area contributed by atoms with Crippen molar-refractivity contribution in [3.8, 4) is 5.75 Å². The quantitative estimate of drug-likeness (QED) is 0.934. The highest BCUT2D eigenvalue weighted by molar-refractivity contribution is 9.10. The van der Waals surface area contributed by atoms with Crippen LogP contribution in [0.15, 0.2) is 41.0 Å². The minimum Gasteiger partial charge on any atom is -0.508 e. The Morgan fingerprint density at radius 1 is 1.40 bits per heavy atom. The van der Waals surface area contributed by atoms with E-state index in [-0.39, 0.29) is 11.7 Å². The van der Waals surface area contributed by atoms with Crippen LogP contribution in [0.5, 0.6) is 5.75 Å². The number of carbonyl (C=O) groups is 1. The maximum Gasteiger partial charge on any atom is 0.278 e. The summed E-state index contributed by atoms with van der Waals surface area (Å²) in [6, 6.07) is 8.52. The number of rotatable bonds is 3. The molecule has 104 valence electrons. The molecular formula is C15H15BrN2O2. The molecule has 1 N–H and O–H groups in total. The SMILES string of the molecule is CCN(C(=O)c1ncccc1Br)c1cc(O)ccc1C. The number of aromatic nitrogens is 1. The van der Waals surface area contributed by atoms with E-state index in [1.54, 1.807) is 41.4 Å². The average Bonchev–Trinajstić information content (AvgIpc) is 2.44. The Kier molecular flexibility index (Phi) is 4.39. The first-order valence-electron chi connectivity index (χ1n) is 6.26. The highest BCUT2D eigenvalue weighted by atomic mass is 79.9. The number of carbonyl (C=O) groups excluding carboxylic acids is 1. The number of aryl methyl sites for hydroxylation is 1. The molecule has 0 saturated carbocycles. The molecule has 0 saturated heterocycles. The largest absolute Gasteiger partial charge is 0.508 e. The zero-order valence-electron chi connectivity index (χ0n) is 11.3. The van der Waals surface area contributed by atoms with Gasteiger partial charge in [0, 0.05) is 23.3 Å². The van der Waals surface area contributed by atoms with Gasteiger partial charge in [0.15, 0.2) is 0 Å². The average molecular weight is 335 g/mol. The number of halogens is 1. The second-order valence-corrected chi connectivity index (χ2v) is 5.21. The lowest BCUT2D eigenvalue weighted by Crippen LogP contribution is -2.32. The molecule has 0 aliphatic carbocycles. The van der Waals surface area contributed by atoms with Crippen LogP contribution < -0.4 is 4.90 Å². The van der Waals surface area contributed by atoms with Gasteiger partial charge < -0.3 is 10.0 Å². The van der Waals surface area contributed by atoms with Gasteiger partial charge in [-0.25, -0.2) is 4.98 Å². The van der Waals surface area contributed by atoms with Crippen molar-refractivity contribution in [2.24, 2.45) is 0 Å². The lowest BCUT2D eigenvalue weighted by atomic mass is 10.1. The van der Waals surface area contributed by atoms with Gasteiger partial charge in [0.05, 0.1) is 5.69 Å². The zero-order valence-corrected chi connectivity index (χ0v) is 12.9. The number of benzene rings is 1. The number of nitrogens with zero attached hydrogens (tertiary/aromatic N) is 2. The minimum atomic E-state index is -0.200. The molecule has 4 nitrogen and oxygen atoms in total. The Morgan fingerprint density at radius 2 is 2.15 bits per heavy atom. The summed E-state index contributed by atoms with van der Waals surface area (Å²) in [6.07, 6.45) is 1.58. The van der Waals surface area contributed by atoms with Gasteiger partial charge in [-0.05, 0) is 53.5 Å². The number of pyridine rings is 1. The van der Waals surface area contributed by atoms with E-state index in [1.807, 2.05) is 13.8 Å². The van der Waals surface area contributed by atoms with Crippen molar-refractivity contribution in [2.75, 3.05) is 11.4 Å². The van der Waals surface area contributed by atoms with E-state index in [0.717, 1.165) is 5.56 Å². The molecule has 2 rings (SSSR count). The topological polar surface area (TPSA) is 53.4 Å². The van der Waals surface area contributed by atoms with Gasteiger partial charge in [0.25, 0.3) is 5.91 Å². The minimum absolute atomic E-state index is 0.136. The third-order valence-electron chi connectivity index (χ3n) is 3.01. The van der Waals surface area contributed by atoms with E-state index in [0.29, 0.717) is 22.4 Å². The third kappa shape index (κ3) is 2.82. The molecule has 0 spiro atoms. The van der Waals surface area contributed by atoms with Gasteiger partial charge in [-0.3, -0.25) is 4.79 Å². The zero-order chi connectivity index (χ0) is 14.7. The van der Waals surface area contributed by atoms with Gasteiger partial charge >= 0.3 is 0 Å². The van der Waals surface area contributed by atoms with Crippen LogP contribution in [0.25, 0.3) is 0 Å². The predicted molar refractivity (Wildman–Crippen MR) is 82.1 cm³/mol. The number of phenols is 1. The molecule has 20 heavy (non-hydrogen) atoms. The van der Waals surface area contributed by atoms with Crippen LogP contribution in [-0.2, 0) is 0 Å². The Balaban J connectivity index is 2.45. The van der Waals surface area contributed by atoms with Crippen molar-refractivity contribution < 1.29 is 9.90 Å². The van der Waals surface area contributed by atoms with E-state index in [2.05, 4.69) is 20.9 Å². The van der Waals surface area contributed by atoms with Crippen LogP contribution in [0, 0.1) is 6.92 Å². The van der Waals surface area contributed by atoms with Crippen molar-refractivity contribution in [1.29, 1.82) is 0 Å². The van der Waals surface area contributed by atoms with Crippen molar-refractivity contribution in [1.82, 2.24) is 4.98 Å². The Hall–Kier alpha value is -1.88. The van der Waals surface area contributed by atoms with Crippen LogP contribution in [-0.4, -0.2) is 22.5 Å². The van der Waals surface area contributed by atoms with Crippen LogP contribution in [0.4, 0.5) is 5.69 Å². The van der Waals surface area contributed by atoms with Crippen LogP contribution in [0.2, 0.25) is 0 Å². The molecule has 1 heterocycles. The standard InChI is InChI=1S/C15H15BrN2O2/c1-3-18(13-9-11(19)7-6-10(13)2)15(20)14-12(16)5-4-8-17-14/h4-9,19H,3H2,1-2H3. The normalized spacial score (nSPS) is 10.3. The number of anilines is 1. The molecule has 1 amide bonds. The van der Waals surface area contributed by atoms with Gasteiger partial charge in [0.1, 0.15) is 11.4 Å². The van der Waals surface area contributed by atoms with Crippen LogP contribution >= 0.6 is 15.9 Å². The molecule has 0 atom stereocenters. The maximum atomic E-state index is 12.6. The molecule has 0 unspecified atom stereocenters. The van der Waals surface area contributed by atoms with E-state index in [1.165, 1.54) is 0 Å². The first kappa shape index (κ1) is 14.5. The van der Waals surface area contributed by atoms with E-state index >= 15 is 0 Å². The molecular weight excluding hydrogens is 320 g/mol. The number of amides is 1. The fraction of sp³-hybridized carbons (Fsp3) is 0.200. The summed E-state index contributed by atoms with van der Waals surface area (Å²) in [7, 11) is 0. The van der Waals surface area contributed by atoms with Crippen molar-refractivity contribution in [3.05, 3.63) is 52.3 Å². The maximum absolute atomic E-state index is 12.6. The summed E-state index contributed by atoms with van der Waals surface area (Å²) in [5, 5.41) is 9.63. The number of hydrogen-bond donors (Lipinski definition) is 1. The summed E-state index contributed by atoms with van der Waals surface area (Å²) in [4.78, 5) is 18.3. The number of hydrogen-bond acceptors (Lipinski definition) is 3. The second kappa shape index (κ2) is 6.05. The molecule has 0 fully saturated rings. The van der Waals surface area contributed by atoms with E-state index in [9.17, 15) is 9.90 Å². The molecule has 0 radical (unpaired) electrons. The van der Waals surface area contributed by atoms with Gasteiger partial charge in [-0.2, -0.15) is 0 Å². The molecule has 1 aromatic heterocycles. The summed E-state index contributed by atoms with van der Waals surface area (Å²) in [6.45, 7) is 4.28. The highest BCUT2D eigenvalue weighted by Crippen LogP contribution is 2.27. The number of aromatic hydroxyl groups is 1. The molecule has 0 bridgehead atoms. The first-order chi connectivity index (χ1) is 9.54. The summed E-state index contributed by atoms with van der Waals surface area (Å²) >= 11 is 3.34. The fourth-order valence-electron chi connectivity index (χ4n) is 1.98. The first-order valence-corrected chi connectivity index (χ1v) is 7.06. The van der Waals surface area contributed by atoms with Crippen LogP contribution in [0.3, 0.4) is 0 Å². The lowest BCUT2D eigenvalue weighted by Gasteiger charge is -2.23. The summed E-state index contributed by atoms with van der Waals surface area (Å²) in [5.41, 5.74) is 1.97. The molecule has 0 aliphatic rings. The van der Waals surface area contributed by atoms with Crippen molar-refractivity contribution >= 4 is 27.5 Å². The van der Waals surface area contributed by atoms with Crippen molar-refractivity contribution in [2.45, 2.75) is 13.8 Å². The smallest absolute Gasteiger partial charge is 0.278 e. The molecule has 0 aliphatic heterocycles. The molecule has 5 heteroatoms. The lowest BCUT2D eigenvalue weighted by molar-refractivity contribution is 0.0982. The van der Waals surface area contributed by atoms with E-state index < -0.39 is 0 Å². The summed E-state index contributed by atoms with van der Waals surface area (Å²) in [5.74, 6) is -0.0642. The van der Waals surface area contributed by atoms with Crippen LogP contribution in [0.1, 0.15) is 23.0 Å². The second-order valence-electron chi connectivity index (χ2n) is 4.35. The molecule has 1 aromatic carbocycles. The van der Waals surface area contributed by atoms with Gasteiger partial charge in [-0.1, -0.05) is 6.07 Å². The monoisotopic (exact) mass is 334 g/mol. The summed E-state index contributed by atoms with van der Waals surface area (Å²) < 4.78 is 0.654. The van der Waals surface area contributed by atoms with Gasteiger partial charge in [0.2, 0.25) is 0 Å².